The second kappa shape index (κ2) is 12.5. The number of Topliss-reactive ketones (excluding diaryl/α,β-unsaturated/α-hetero) is 1. The maximum atomic E-state index is 11.9. The standard InChI is InChI=1S/C22H32O4/c1-3-5-8-13-18(23)14-10-7-6-9-12-17(4-2)21(22(25)26)19-15-11-16-20(19)24/h2,6,9-10,14,17-19,21,23H,3,5,7-8,11-13,15-16H2,1H3,(H,25,26)/b9-6+,14-10-/t17?,18-,19+,21+/m1/s1. The number of aliphatic carboxylic acids is 1. The summed E-state index contributed by atoms with van der Waals surface area (Å²) >= 11 is 0. The minimum absolute atomic E-state index is 0.0293. The molecule has 0 radical (unpaired) electrons. The van der Waals surface area contributed by atoms with E-state index in [1.807, 2.05) is 18.2 Å². The molecule has 26 heavy (non-hydrogen) atoms. The first-order valence-electron chi connectivity index (χ1n) is 9.72. The molecule has 4 heteroatoms. The second-order valence-electron chi connectivity index (χ2n) is 7.04. The summed E-state index contributed by atoms with van der Waals surface area (Å²) in [5.74, 6) is -0.0824. The van der Waals surface area contributed by atoms with Crippen molar-refractivity contribution in [3.63, 3.8) is 0 Å². The van der Waals surface area contributed by atoms with Gasteiger partial charge in [0.1, 0.15) is 5.78 Å². The van der Waals surface area contributed by atoms with Crippen molar-refractivity contribution >= 4 is 11.8 Å². The topological polar surface area (TPSA) is 74.6 Å². The van der Waals surface area contributed by atoms with Gasteiger partial charge in [-0.1, -0.05) is 50.5 Å². The third kappa shape index (κ3) is 7.58. The molecule has 0 heterocycles. The number of hydrogen-bond donors (Lipinski definition) is 2. The SMILES string of the molecule is C#CC(C/C=C/C/C=C\[C@H](O)CCCCC)[C@H](C(=O)O)[C@H]1CCCC1=O. The van der Waals surface area contributed by atoms with Crippen molar-refractivity contribution in [2.24, 2.45) is 17.8 Å². The van der Waals surface area contributed by atoms with E-state index in [4.69, 9.17) is 6.42 Å². The quantitative estimate of drug-likeness (QED) is 0.312. The summed E-state index contributed by atoms with van der Waals surface area (Å²) in [7, 11) is 0. The number of aliphatic hydroxyl groups is 1. The fourth-order valence-corrected chi connectivity index (χ4v) is 3.52. The first-order valence-corrected chi connectivity index (χ1v) is 9.72. The van der Waals surface area contributed by atoms with Crippen molar-refractivity contribution in [1.82, 2.24) is 0 Å². The van der Waals surface area contributed by atoms with E-state index in [-0.39, 0.29) is 5.78 Å². The van der Waals surface area contributed by atoms with Crippen molar-refractivity contribution in [3.8, 4) is 12.3 Å². The average Bonchev–Trinajstić information content (AvgIpc) is 3.02. The molecule has 0 aliphatic heterocycles. The van der Waals surface area contributed by atoms with Crippen LogP contribution in [0.5, 0.6) is 0 Å². The van der Waals surface area contributed by atoms with E-state index in [1.54, 1.807) is 6.08 Å². The lowest BCUT2D eigenvalue weighted by Gasteiger charge is -2.23. The molecular weight excluding hydrogens is 328 g/mol. The monoisotopic (exact) mass is 360 g/mol. The van der Waals surface area contributed by atoms with Gasteiger partial charge < -0.3 is 10.2 Å². The van der Waals surface area contributed by atoms with Crippen LogP contribution in [-0.2, 0) is 9.59 Å². The fourth-order valence-electron chi connectivity index (χ4n) is 3.52. The Labute approximate surface area is 157 Å². The van der Waals surface area contributed by atoms with E-state index in [0.717, 1.165) is 32.1 Å². The number of hydrogen-bond acceptors (Lipinski definition) is 3. The Morgan fingerprint density at radius 3 is 2.69 bits per heavy atom. The molecule has 0 aromatic heterocycles. The van der Waals surface area contributed by atoms with Crippen LogP contribution in [0.2, 0.25) is 0 Å². The van der Waals surface area contributed by atoms with E-state index >= 15 is 0 Å². The van der Waals surface area contributed by atoms with Crippen LogP contribution < -0.4 is 0 Å². The van der Waals surface area contributed by atoms with Gasteiger partial charge in [0.2, 0.25) is 0 Å². The normalized spacial score (nSPS) is 21.1. The lowest BCUT2D eigenvalue weighted by molar-refractivity contribution is -0.147. The number of aliphatic hydroxyl groups excluding tert-OH is 1. The number of carboxylic acid groups (broad SMARTS) is 1. The van der Waals surface area contributed by atoms with Gasteiger partial charge in [-0.3, -0.25) is 9.59 Å². The number of terminal acetylenes is 1. The van der Waals surface area contributed by atoms with Crippen LogP contribution in [0.3, 0.4) is 0 Å². The summed E-state index contributed by atoms with van der Waals surface area (Å²) in [6, 6.07) is 0. The van der Waals surface area contributed by atoms with E-state index in [1.165, 1.54) is 0 Å². The first-order chi connectivity index (χ1) is 12.5. The van der Waals surface area contributed by atoms with Crippen molar-refractivity contribution in [1.29, 1.82) is 0 Å². The van der Waals surface area contributed by atoms with Crippen molar-refractivity contribution < 1.29 is 19.8 Å². The van der Waals surface area contributed by atoms with Gasteiger partial charge in [0.15, 0.2) is 0 Å². The zero-order chi connectivity index (χ0) is 19.4. The molecule has 144 valence electrons. The number of ketones is 1. The molecule has 0 bridgehead atoms. The molecule has 0 amide bonds. The summed E-state index contributed by atoms with van der Waals surface area (Å²) in [4.78, 5) is 23.6. The Kier molecular flexibility index (Phi) is 10.7. The Bertz CT molecular complexity index is 541. The zero-order valence-electron chi connectivity index (χ0n) is 15.8. The summed E-state index contributed by atoms with van der Waals surface area (Å²) < 4.78 is 0. The van der Waals surface area contributed by atoms with Gasteiger partial charge in [0.25, 0.3) is 0 Å². The van der Waals surface area contributed by atoms with E-state index < -0.39 is 29.8 Å². The van der Waals surface area contributed by atoms with Crippen LogP contribution in [0.4, 0.5) is 0 Å². The third-order valence-electron chi connectivity index (χ3n) is 5.01. The largest absolute Gasteiger partial charge is 0.481 e. The first kappa shape index (κ1) is 22.2. The lowest BCUT2D eigenvalue weighted by Crippen LogP contribution is -2.32. The van der Waals surface area contributed by atoms with Gasteiger partial charge >= 0.3 is 5.97 Å². The highest BCUT2D eigenvalue weighted by Crippen LogP contribution is 2.34. The number of carboxylic acids is 1. The maximum absolute atomic E-state index is 11.9. The number of allylic oxidation sites excluding steroid dienone is 3. The molecule has 1 rings (SSSR count). The minimum atomic E-state index is -0.975. The molecule has 1 saturated carbocycles. The highest BCUT2D eigenvalue weighted by molar-refractivity contribution is 5.88. The van der Waals surface area contributed by atoms with Crippen LogP contribution in [0.1, 0.15) is 64.7 Å². The minimum Gasteiger partial charge on any atom is -0.481 e. The molecular formula is C22H32O4. The average molecular weight is 360 g/mol. The second-order valence-corrected chi connectivity index (χ2v) is 7.04. The number of carbonyl (C=O) groups excluding carboxylic acids is 1. The zero-order valence-corrected chi connectivity index (χ0v) is 15.8. The van der Waals surface area contributed by atoms with Crippen molar-refractivity contribution in [2.75, 3.05) is 0 Å². The van der Waals surface area contributed by atoms with Gasteiger partial charge in [-0.25, -0.2) is 0 Å². The molecule has 4 nitrogen and oxygen atoms in total. The molecule has 0 aromatic carbocycles. The van der Waals surface area contributed by atoms with Crippen molar-refractivity contribution in [2.45, 2.75) is 70.8 Å². The van der Waals surface area contributed by atoms with Gasteiger partial charge in [-0.15, -0.1) is 12.3 Å². The number of unbranched alkanes of at least 4 members (excludes halogenated alkanes) is 2. The number of rotatable bonds is 12. The summed E-state index contributed by atoms with van der Waals surface area (Å²) in [5, 5.41) is 19.3. The lowest BCUT2D eigenvalue weighted by atomic mass is 9.79. The fraction of sp³-hybridized carbons (Fsp3) is 0.636. The molecule has 1 unspecified atom stereocenters. The Hall–Kier alpha value is -1.86. The Morgan fingerprint density at radius 1 is 1.35 bits per heavy atom. The predicted octanol–water partition coefficient (Wildman–Crippen LogP) is 4.14. The highest BCUT2D eigenvalue weighted by atomic mass is 16.4. The van der Waals surface area contributed by atoms with Crippen LogP contribution in [0.15, 0.2) is 24.3 Å². The van der Waals surface area contributed by atoms with Crippen molar-refractivity contribution in [3.05, 3.63) is 24.3 Å². The predicted molar refractivity (Wildman–Crippen MR) is 103 cm³/mol. The highest BCUT2D eigenvalue weighted by Gasteiger charge is 2.40. The summed E-state index contributed by atoms with van der Waals surface area (Å²) in [5.41, 5.74) is 0. The number of carbonyl (C=O) groups is 2. The van der Waals surface area contributed by atoms with Gasteiger partial charge in [-0.2, -0.15) is 0 Å². The molecule has 1 aliphatic carbocycles. The molecule has 2 N–H and O–H groups in total. The Balaban J connectivity index is 2.47. The van der Waals surface area contributed by atoms with Crippen LogP contribution >= 0.6 is 0 Å². The van der Waals surface area contributed by atoms with E-state index in [9.17, 15) is 19.8 Å². The van der Waals surface area contributed by atoms with Crippen LogP contribution in [0, 0.1) is 30.1 Å². The Morgan fingerprint density at radius 2 is 2.12 bits per heavy atom. The maximum Gasteiger partial charge on any atom is 0.308 e. The van der Waals surface area contributed by atoms with Gasteiger partial charge in [-0.05, 0) is 32.1 Å². The molecule has 0 spiro atoms. The van der Waals surface area contributed by atoms with Gasteiger partial charge in [0.05, 0.1) is 12.0 Å². The van der Waals surface area contributed by atoms with Crippen LogP contribution in [0.25, 0.3) is 0 Å². The third-order valence-corrected chi connectivity index (χ3v) is 5.01. The smallest absolute Gasteiger partial charge is 0.308 e. The molecule has 4 atom stereocenters. The van der Waals surface area contributed by atoms with Gasteiger partial charge in [0, 0.05) is 18.3 Å². The summed E-state index contributed by atoms with van der Waals surface area (Å²) in [6.07, 6.45) is 19.7. The molecule has 0 aromatic rings. The van der Waals surface area contributed by atoms with E-state index in [2.05, 4.69) is 12.8 Å². The molecule has 1 aliphatic rings. The summed E-state index contributed by atoms with van der Waals surface area (Å²) in [6.45, 7) is 2.13. The molecule has 0 saturated heterocycles. The molecule has 1 fully saturated rings. The van der Waals surface area contributed by atoms with Crippen LogP contribution in [-0.4, -0.2) is 28.1 Å². The van der Waals surface area contributed by atoms with E-state index in [0.29, 0.717) is 25.7 Å².